The molecule has 0 aromatic carbocycles. The molecule has 3 rings (SSSR count). The molecule has 28 heavy (non-hydrogen) atoms. The zero-order valence-corrected chi connectivity index (χ0v) is 16.1. The van der Waals surface area contributed by atoms with Crippen molar-refractivity contribution in [3.63, 3.8) is 0 Å². The van der Waals surface area contributed by atoms with Gasteiger partial charge in [-0.2, -0.15) is 0 Å². The molecule has 0 radical (unpaired) electrons. The molecule has 2 amide bonds. The van der Waals surface area contributed by atoms with E-state index in [-0.39, 0.29) is 23.3 Å². The second kappa shape index (κ2) is 10.2. The van der Waals surface area contributed by atoms with Gasteiger partial charge in [-0.15, -0.1) is 0 Å². The van der Waals surface area contributed by atoms with Crippen LogP contribution in [-0.2, 0) is 9.47 Å². The van der Waals surface area contributed by atoms with Crippen molar-refractivity contribution < 1.29 is 19.1 Å². The number of aromatic nitrogens is 2. The topological polar surface area (TPSA) is 97.2 Å². The molecule has 1 aliphatic rings. The zero-order valence-electron chi connectivity index (χ0n) is 16.1. The number of morpholine rings is 1. The highest BCUT2D eigenvalue weighted by Crippen LogP contribution is 2.13. The molecule has 2 N–H and O–H groups in total. The van der Waals surface area contributed by atoms with Crippen molar-refractivity contribution in [2.45, 2.75) is 6.42 Å². The van der Waals surface area contributed by atoms with Crippen molar-refractivity contribution in [1.29, 1.82) is 0 Å². The largest absolute Gasteiger partial charge is 0.385 e. The fourth-order valence-corrected chi connectivity index (χ4v) is 3.10. The maximum atomic E-state index is 12.6. The molecular formula is C19H27N5O4. The summed E-state index contributed by atoms with van der Waals surface area (Å²) in [6.07, 6.45) is 2.45. The summed E-state index contributed by atoms with van der Waals surface area (Å²) < 4.78 is 12.0. The monoisotopic (exact) mass is 389 g/mol. The number of nitrogens with zero attached hydrogens (tertiary/aromatic N) is 3. The number of amides is 2. The van der Waals surface area contributed by atoms with Gasteiger partial charge in [0, 0.05) is 52.6 Å². The number of fused-ring (bicyclic) bond motifs is 1. The average molecular weight is 389 g/mol. The van der Waals surface area contributed by atoms with Gasteiger partial charge in [0.2, 0.25) is 5.82 Å². The van der Waals surface area contributed by atoms with Crippen LogP contribution in [0.4, 0.5) is 0 Å². The first-order valence-electron chi connectivity index (χ1n) is 9.53. The van der Waals surface area contributed by atoms with Crippen LogP contribution in [0.15, 0.2) is 24.4 Å². The van der Waals surface area contributed by atoms with E-state index in [0.29, 0.717) is 31.6 Å². The van der Waals surface area contributed by atoms with E-state index in [0.717, 1.165) is 32.8 Å². The molecule has 3 heterocycles. The number of carbonyl (C=O) groups is 2. The van der Waals surface area contributed by atoms with Crippen molar-refractivity contribution in [3.8, 4) is 0 Å². The van der Waals surface area contributed by atoms with Gasteiger partial charge in [0.15, 0.2) is 5.69 Å². The first-order chi connectivity index (χ1) is 13.7. The van der Waals surface area contributed by atoms with Gasteiger partial charge >= 0.3 is 0 Å². The Labute approximate surface area is 164 Å². The third-order valence-corrected chi connectivity index (χ3v) is 4.59. The first-order valence-corrected chi connectivity index (χ1v) is 9.53. The van der Waals surface area contributed by atoms with Crippen molar-refractivity contribution in [1.82, 2.24) is 24.9 Å². The van der Waals surface area contributed by atoms with Crippen LogP contribution >= 0.6 is 0 Å². The smallest absolute Gasteiger partial charge is 0.287 e. The van der Waals surface area contributed by atoms with Crippen LogP contribution in [0.25, 0.3) is 5.52 Å². The Morgan fingerprint density at radius 1 is 1.18 bits per heavy atom. The van der Waals surface area contributed by atoms with Crippen LogP contribution in [0.2, 0.25) is 0 Å². The van der Waals surface area contributed by atoms with Gasteiger partial charge in [-0.25, -0.2) is 4.98 Å². The molecule has 1 fully saturated rings. The Morgan fingerprint density at radius 2 is 1.96 bits per heavy atom. The predicted octanol–water partition coefficient (Wildman–Crippen LogP) is 0.163. The number of hydrogen-bond acceptors (Lipinski definition) is 6. The number of hydrogen-bond donors (Lipinski definition) is 2. The van der Waals surface area contributed by atoms with Gasteiger partial charge in [-0.3, -0.25) is 18.9 Å². The maximum absolute atomic E-state index is 12.6. The normalized spacial score (nSPS) is 14.9. The molecule has 152 valence electrons. The number of pyridine rings is 1. The van der Waals surface area contributed by atoms with Crippen LogP contribution < -0.4 is 10.6 Å². The van der Waals surface area contributed by atoms with E-state index in [1.54, 1.807) is 29.8 Å². The SMILES string of the molecule is COCCCNC(=O)c1nc(C(=O)NCCN2CCOCC2)n2ccccc12. The lowest BCUT2D eigenvalue weighted by molar-refractivity contribution is 0.0383. The highest BCUT2D eigenvalue weighted by molar-refractivity contribution is 6.02. The molecule has 9 nitrogen and oxygen atoms in total. The molecule has 2 aromatic heterocycles. The third-order valence-electron chi connectivity index (χ3n) is 4.59. The lowest BCUT2D eigenvalue weighted by atomic mass is 10.3. The quantitative estimate of drug-likeness (QED) is 0.593. The Bertz CT molecular complexity index is 801. The predicted molar refractivity (Wildman–Crippen MR) is 104 cm³/mol. The summed E-state index contributed by atoms with van der Waals surface area (Å²) in [6.45, 7) is 5.51. The molecule has 0 saturated carbocycles. The molecule has 2 aromatic rings. The zero-order chi connectivity index (χ0) is 19.8. The second-order valence-electron chi connectivity index (χ2n) is 6.55. The van der Waals surface area contributed by atoms with E-state index in [1.807, 2.05) is 6.07 Å². The molecule has 0 bridgehead atoms. The highest BCUT2D eigenvalue weighted by Gasteiger charge is 2.21. The Morgan fingerprint density at radius 3 is 2.75 bits per heavy atom. The molecule has 0 unspecified atom stereocenters. The van der Waals surface area contributed by atoms with E-state index < -0.39 is 0 Å². The molecule has 0 aliphatic carbocycles. The van der Waals surface area contributed by atoms with E-state index in [4.69, 9.17) is 9.47 Å². The van der Waals surface area contributed by atoms with Crippen LogP contribution in [0, 0.1) is 0 Å². The Hall–Kier alpha value is -2.49. The minimum absolute atomic E-state index is 0.208. The average Bonchev–Trinajstić information content (AvgIpc) is 3.12. The highest BCUT2D eigenvalue weighted by atomic mass is 16.5. The summed E-state index contributed by atoms with van der Waals surface area (Å²) in [6, 6.07) is 5.40. The molecule has 9 heteroatoms. The number of imidazole rings is 1. The van der Waals surface area contributed by atoms with E-state index in [1.165, 1.54) is 0 Å². The van der Waals surface area contributed by atoms with Crippen molar-refractivity contribution in [2.24, 2.45) is 0 Å². The maximum Gasteiger partial charge on any atom is 0.287 e. The lowest BCUT2D eigenvalue weighted by Crippen LogP contribution is -2.41. The molecular weight excluding hydrogens is 362 g/mol. The number of carbonyl (C=O) groups excluding carboxylic acids is 2. The summed E-state index contributed by atoms with van der Waals surface area (Å²) in [5.41, 5.74) is 0.849. The van der Waals surface area contributed by atoms with E-state index in [9.17, 15) is 9.59 Å². The van der Waals surface area contributed by atoms with Gasteiger partial charge in [0.1, 0.15) is 0 Å². The number of ether oxygens (including phenoxy) is 2. The van der Waals surface area contributed by atoms with Gasteiger partial charge in [-0.1, -0.05) is 6.07 Å². The second-order valence-corrected chi connectivity index (χ2v) is 6.55. The van der Waals surface area contributed by atoms with Gasteiger partial charge in [-0.05, 0) is 18.6 Å². The van der Waals surface area contributed by atoms with Crippen molar-refractivity contribution in [3.05, 3.63) is 35.9 Å². The Kier molecular flexibility index (Phi) is 7.35. The van der Waals surface area contributed by atoms with Crippen molar-refractivity contribution >= 4 is 17.3 Å². The fourth-order valence-electron chi connectivity index (χ4n) is 3.10. The van der Waals surface area contributed by atoms with Crippen LogP contribution in [0.5, 0.6) is 0 Å². The fraction of sp³-hybridized carbons (Fsp3) is 0.526. The first kappa shape index (κ1) is 20.2. The summed E-state index contributed by atoms with van der Waals surface area (Å²) in [4.78, 5) is 31.7. The van der Waals surface area contributed by atoms with Gasteiger partial charge in [0.05, 0.1) is 18.7 Å². The molecule has 0 spiro atoms. The van der Waals surface area contributed by atoms with E-state index in [2.05, 4.69) is 20.5 Å². The number of nitrogens with one attached hydrogen (secondary N) is 2. The summed E-state index contributed by atoms with van der Waals surface area (Å²) >= 11 is 0. The number of rotatable bonds is 9. The summed E-state index contributed by atoms with van der Waals surface area (Å²) in [5.74, 6) is -0.389. The number of methoxy groups -OCH3 is 1. The Balaban J connectivity index is 1.65. The minimum Gasteiger partial charge on any atom is -0.385 e. The van der Waals surface area contributed by atoms with Gasteiger partial charge in [0.25, 0.3) is 11.8 Å². The minimum atomic E-state index is -0.299. The lowest BCUT2D eigenvalue weighted by Gasteiger charge is -2.26. The van der Waals surface area contributed by atoms with Crippen molar-refractivity contribution in [2.75, 3.05) is 59.7 Å². The third kappa shape index (κ3) is 5.06. The molecule has 1 saturated heterocycles. The van der Waals surface area contributed by atoms with Crippen LogP contribution in [0.1, 0.15) is 27.5 Å². The van der Waals surface area contributed by atoms with Crippen LogP contribution in [-0.4, -0.2) is 85.8 Å². The summed E-state index contributed by atoms with van der Waals surface area (Å²) in [5, 5.41) is 5.72. The van der Waals surface area contributed by atoms with Crippen LogP contribution in [0.3, 0.4) is 0 Å². The van der Waals surface area contributed by atoms with E-state index >= 15 is 0 Å². The summed E-state index contributed by atoms with van der Waals surface area (Å²) in [7, 11) is 1.62. The molecule has 1 aliphatic heterocycles. The van der Waals surface area contributed by atoms with Gasteiger partial charge < -0.3 is 20.1 Å². The standard InChI is InChI=1S/C19H27N5O4/c1-27-12-4-6-20-18(25)16-15-5-2-3-8-24(15)17(22-16)19(26)21-7-9-23-10-13-28-14-11-23/h2-3,5,8H,4,6-7,9-14H2,1H3,(H,20,25)(H,21,26). The molecule has 0 atom stereocenters.